The van der Waals surface area contributed by atoms with Crippen LogP contribution in [-0.2, 0) is 9.84 Å². The summed E-state index contributed by atoms with van der Waals surface area (Å²) < 4.78 is 23.0. The first-order valence-electron chi connectivity index (χ1n) is 6.11. The first-order chi connectivity index (χ1) is 7.18. The minimum absolute atomic E-state index is 0.0208. The molecule has 98 valence electrons. The van der Waals surface area contributed by atoms with Crippen molar-refractivity contribution < 1.29 is 8.42 Å². The molecule has 2 atom stereocenters. The summed E-state index contributed by atoms with van der Waals surface area (Å²) >= 11 is 0. The van der Waals surface area contributed by atoms with Crippen molar-refractivity contribution in [3.8, 4) is 0 Å². The molecule has 0 bridgehead atoms. The van der Waals surface area contributed by atoms with Crippen molar-refractivity contribution in [2.75, 3.05) is 12.8 Å². The van der Waals surface area contributed by atoms with Crippen molar-refractivity contribution >= 4 is 9.84 Å². The van der Waals surface area contributed by atoms with Gasteiger partial charge in [-0.15, -0.1) is 0 Å². The Hall–Kier alpha value is -0.0900. The summed E-state index contributed by atoms with van der Waals surface area (Å²) in [5.41, 5.74) is 0. The molecule has 0 aromatic rings. The number of hydrogen-bond donors (Lipinski definition) is 1. The molecule has 16 heavy (non-hydrogen) atoms. The molecule has 0 rings (SSSR count). The molecular weight excluding hydrogens is 222 g/mol. The monoisotopic (exact) mass is 249 g/mol. The van der Waals surface area contributed by atoms with E-state index in [0.29, 0.717) is 5.92 Å². The average Bonchev–Trinajstić information content (AvgIpc) is 2.15. The molecular formula is C12H27NO2S. The predicted molar refractivity (Wildman–Crippen MR) is 70.5 cm³/mol. The second-order valence-corrected chi connectivity index (χ2v) is 7.79. The van der Waals surface area contributed by atoms with E-state index in [9.17, 15) is 8.42 Å². The zero-order valence-electron chi connectivity index (χ0n) is 11.5. The van der Waals surface area contributed by atoms with Gasteiger partial charge >= 0.3 is 0 Å². The van der Waals surface area contributed by atoms with E-state index < -0.39 is 14.6 Å². The molecule has 0 aromatic heterocycles. The first-order valence-corrected chi connectivity index (χ1v) is 8.00. The van der Waals surface area contributed by atoms with Gasteiger partial charge in [-0.25, -0.2) is 8.42 Å². The smallest absolute Gasteiger partial charge is 0.154 e. The Morgan fingerprint density at radius 1 is 1.25 bits per heavy atom. The van der Waals surface area contributed by atoms with Gasteiger partial charge in [-0.3, -0.25) is 0 Å². The number of rotatable bonds is 7. The number of nitrogens with one attached hydrogen (secondary N) is 1. The summed E-state index contributed by atoms with van der Waals surface area (Å²) in [6.07, 6.45) is 3.34. The first kappa shape index (κ1) is 15.9. The highest BCUT2D eigenvalue weighted by atomic mass is 32.2. The van der Waals surface area contributed by atoms with Crippen LogP contribution >= 0.6 is 0 Å². The highest BCUT2D eigenvalue weighted by Crippen LogP contribution is 2.27. The van der Waals surface area contributed by atoms with Gasteiger partial charge in [0.15, 0.2) is 9.84 Å². The molecule has 0 saturated carbocycles. The molecule has 4 heteroatoms. The molecule has 0 saturated heterocycles. The summed E-state index contributed by atoms with van der Waals surface area (Å²) in [7, 11) is -3.05. The Kier molecular flexibility index (Phi) is 5.98. The minimum Gasteiger partial charge on any atom is -0.312 e. The van der Waals surface area contributed by atoms with Gasteiger partial charge in [0, 0.05) is 12.3 Å². The molecule has 3 nitrogen and oxygen atoms in total. The number of hydrogen-bond acceptors (Lipinski definition) is 3. The van der Waals surface area contributed by atoms with Crippen LogP contribution in [0.15, 0.2) is 0 Å². The lowest BCUT2D eigenvalue weighted by Crippen LogP contribution is -2.54. The summed E-state index contributed by atoms with van der Waals surface area (Å²) in [4.78, 5) is 0. The maximum atomic E-state index is 11.8. The second-order valence-electron chi connectivity index (χ2n) is 5.19. The van der Waals surface area contributed by atoms with E-state index in [-0.39, 0.29) is 6.04 Å². The van der Waals surface area contributed by atoms with Gasteiger partial charge in [-0.2, -0.15) is 0 Å². The summed E-state index contributed by atoms with van der Waals surface area (Å²) in [5, 5.41) is 3.39. The molecule has 0 aliphatic rings. The molecule has 0 heterocycles. The van der Waals surface area contributed by atoms with Gasteiger partial charge in [0.2, 0.25) is 0 Å². The van der Waals surface area contributed by atoms with Crippen molar-refractivity contribution in [3.05, 3.63) is 0 Å². The van der Waals surface area contributed by atoms with Gasteiger partial charge in [0.25, 0.3) is 0 Å². The van der Waals surface area contributed by atoms with Crippen LogP contribution in [0.25, 0.3) is 0 Å². The van der Waals surface area contributed by atoms with E-state index in [2.05, 4.69) is 26.1 Å². The molecule has 0 aromatic carbocycles. The van der Waals surface area contributed by atoms with Crippen molar-refractivity contribution in [2.45, 2.75) is 58.2 Å². The molecule has 0 fully saturated rings. The van der Waals surface area contributed by atoms with E-state index in [0.717, 1.165) is 19.4 Å². The Morgan fingerprint density at radius 2 is 1.75 bits per heavy atom. The van der Waals surface area contributed by atoms with Gasteiger partial charge in [0.05, 0.1) is 4.75 Å². The third-order valence-electron chi connectivity index (χ3n) is 3.53. The van der Waals surface area contributed by atoms with Crippen molar-refractivity contribution in [3.63, 3.8) is 0 Å². The summed E-state index contributed by atoms with van der Waals surface area (Å²) in [6.45, 7) is 10.8. The summed E-state index contributed by atoms with van der Waals surface area (Å²) in [6, 6.07) is 0.0208. The van der Waals surface area contributed by atoms with Gasteiger partial charge < -0.3 is 5.32 Å². The quantitative estimate of drug-likeness (QED) is 0.752. The molecule has 0 amide bonds. The zero-order chi connectivity index (χ0) is 13.0. The van der Waals surface area contributed by atoms with E-state index in [1.807, 2.05) is 13.8 Å². The fourth-order valence-corrected chi connectivity index (χ4v) is 2.68. The predicted octanol–water partition coefficient (Wildman–Crippen LogP) is 2.22. The van der Waals surface area contributed by atoms with E-state index in [1.165, 1.54) is 6.26 Å². The van der Waals surface area contributed by atoms with Gasteiger partial charge in [0.1, 0.15) is 0 Å². The topological polar surface area (TPSA) is 46.2 Å². The molecule has 0 aliphatic heterocycles. The fourth-order valence-electron chi connectivity index (χ4n) is 1.90. The SMILES string of the molecule is CCCNC(C(C)CC)C(C)(C)S(C)(=O)=O. The van der Waals surface area contributed by atoms with Crippen LogP contribution in [-0.4, -0.2) is 32.0 Å². The molecule has 0 radical (unpaired) electrons. The second kappa shape index (κ2) is 6.01. The standard InChI is InChI=1S/C12H27NO2S/c1-7-9-13-11(10(3)8-2)12(4,5)16(6,14)15/h10-11,13H,7-9H2,1-6H3. The Morgan fingerprint density at radius 3 is 2.06 bits per heavy atom. The summed E-state index contributed by atoms with van der Waals surface area (Å²) in [5.74, 6) is 0.358. The third kappa shape index (κ3) is 3.74. The van der Waals surface area contributed by atoms with Crippen LogP contribution in [0.5, 0.6) is 0 Å². The maximum absolute atomic E-state index is 11.8. The lowest BCUT2D eigenvalue weighted by Gasteiger charge is -2.37. The largest absolute Gasteiger partial charge is 0.312 e. The maximum Gasteiger partial charge on any atom is 0.154 e. The zero-order valence-corrected chi connectivity index (χ0v) is 12.3. The van der Waals surface area contributed by atoms with Crippen LogP contribution in [0, 0.1) is 5.92 Å². The van der Waals surface area contributed by atoms with Crippen LogP contribution in [0.4, 0.5) is 0 Å². The Balaban J connectivity index is 5.02. The lowest BCUT2D eigenvalue weighted by atomic mass is 9.89. The van der Waals surface area contributed by atoms with E-state index in [4.69, 9.17) is 0 Å². The Labute approximate surface area is 101 Å². The highest BCUT2D eigenvalue weighted by Gasteiger charge is 2.40. The fraction of sp³-hybridized carbons (Fsp3) is 1.00. The van der Waals surface area contributed by atoms with Gasteiger partial charge in [-0.1, -0.05) is 27.2 Å². The molecule has 0 aliphatic carbocycles. The third-order valence-corrected chi connectivity index (χ3v) is 5.70. The molecule has 2 unspecified atom stereocenters. The number of sulfone groups is 1. The highest BCUT2D eigenvalue weighted by molar-refractivity contribution is 7.92. The average molecular weight is 249 g/mol. The van der Waals surface area contributed by atoms with Crippen LogP contribution in [0.2, 0.25) is 0 Å². The van der Waals surface area contributed by atoms with Crippen LogP contribution in [0.3, 0.4) is 0 Å². The van der Waals surface area contributed by atoms with Crippen LogP contribution in [0.1, 0.15) is 47.5 Å². The van der Waals surface area contributed by atoms with E-state index >= 15 is 0 Å². The van der Waals surface area contributed by atoms with Crippen molar-refractivity contribution in [1.29, 1.82) is 0 Å². The van der Waals surface area contributed by atoms with Crippen molar-refractivity contribution in [2.24, 2.45) is 5.92 Å². The van der Waals surface area contributed by atoms with E-state index in [1.54, 1.807) is 0 Å². The minimum atomic E-state index is -3.05. The van der Waals surface area contributed by atoms with Crippen molar-refractivity contribution in [1.82, 2.24) is 5.32 Å². The Bertz CT molecular complexity index is 296. The van der Waals surface area contributed by atoms with Crippen LogP contribution < -0.4 is 5.32 Å². The molecule has 0 spiro atoms. The van der Waals surface area contributed by atoms with Gasteiger partial charge in [-0.05, 0) is 32.7 Å². The normalized spacial score (nSPS) is 17.1. The molecule has 1 N–H and O–H groups in total. The lowest BCUT2D eigenvalue weighted by molar-refractivity contribution is 0.305.